The van der Waals surface area contributed by atoms with Crippen LogP contribution in [0, 0.1) is 5.92 Å². The first kappa shape index (κ1) is 43.6. The Morgan fingerprint density at radius 2 is 1.24 bits per heavy atom. The Kier molecular flexibility index (Phi) is 13.1. The lowest BCUT2D eigenvalue weighted by atomic mass is 9.98. The Morgan fingerprint density at radius 1 is 0.726 bits per heavy atom. The van der Waals surface area contributed by atoms with Crippen LogP contribution in [0.2, 0.25) is 0 Å². The van der Waals surface area contributed by atoms with Crippen molar-refractivity contribution in [1.29, 1.82) is 0 Å². The Morgan fingerprint density at radius 3 is 1.71 bits per heavy atom. The van der Waals surface area contributed by atoms with Crippen LogP contribution in [0.5, 0.6) is 0 Å². The quantitative estimate of drug-likeness (QED) is 0.0758. The van der Waals surface area contributed by atoms with Crippen LogP contribution in [0.1, 0.15) is 63.8 Å². The smallest absolute Gasteiger partial charge is 0.407 e. The number of ether oxygens (including phenoxy) is 1. The zero-order chi connectivity index (χ0) is 44.1. The van der Waals surface area contributed by atoms with Gasteiger partial charge in [0.1, 0.15) is 23.7 Å². The number of alkyl halides is 3. The molecule has 0 unspecified atom stereocenters. The fraction of sp³-hybridized carbons (Fsp3) is 0.340. The van der Waals surface area contributed by atoms with Crippen molar-refractivity contribution in [3.8, 4) is 11.1 Å². The third-order valence-corrected chi connectivity index (χ3v) is 10.9. The molecular formula is C47H51F3N8O4. The molecule has 0 aliphatic rings. The molecule has 5 aromatic carbocycles. The van der Waals surface area contributed by atoms with Crippen molar-refractivity contribution in [3.05, 3.63) is 108 Å². The number of rotatable bonds is 16. The van der Waals surface area contributed by atoms with Gasteiger partial charge in [-0.15, -0.1) is 0 Å². The van der Waals surface area contributed by atoms with Gasteiger partial charge in [0.2, 0.25) is 11.8 Å². The number of nitrogens with zero attached hydrogens (tertiary/aromatic N) is 4. The minimum absolute atomic E-state index is 0.0993. The van der Waals surface area contributed by atoms with E-state index in [1.165, 1.54) is 7.11 Å². The Labute approximate surface area is 357 Å². The first-order chi connectivity index (χ1) is 29.8. The molecule has 15 heteroatoms. The van der Waals surface area contributed by atoms with E-state index in [4.69, 9.17) is 14.7 Å². The summed E-state index contributed by atoms with van der Waals surface area (Å²) in [5, 5.41) is 8.96. The predicted molar refractivity (Wildman–Crippen MR) is 235 cm³/mol. The van der Waals surface area contributed by atoms with Crippen LogP contribution in [-0.4, -0.2) is 86.6 Å². The average molecular weight is 849 g/mol. The fourth-order valence-corrected chi connectivity index (χ4v) is 7.94. The first-order valence-corrected chi connectivity index (χ1v) is 20.9. The number of nitrogens with one attached hydrogen (secondary N) is 4. The molecule has 4 N–H and O–H groups in total. The number of H-pyrrole nitrogens is 2. The average Bonchev–Trinajstić information content (AvgIpc) is 3.88. The van der Waals surface area contributed by atoms with Crippen molar-refractivity contribution >= 4 is 61.5 Å². The normalized spacial score (nSPS) is 12.9. The van der Waals surface area contributed by atoms with E-state index in [1.54, 1.807) is 40.1 Å². The van der Waals surface area contributed by atoms with Crippen molar-refractivity contribution in [2.75, 3.05) is 26.7 Å². The van der Waals surface area contributed by atoms with Gasteiger partial charge < -0.3 is 29.8 Å². The second-order valence-corrected chi connectivity index (χ2v) is 15.9. The van der Waals surface area contributed by atoms with Crippen LogP contribution in [-0.2, 0) is 27.4 Å². The number of fused-ring (bicyclic) bond motifs is 6. The number of alkyl carbamates (subject to hydrolysis) is 1. The number of carbonyl (C=O) groups excluding carboxylic acids is 3. The van der Waals surface area contributed by atoms with E-state index in [2.05, 4.69) is 44.9 Å². The molecule has 0 fully saturated rings. The topological polar surface area (TPSA) is 148 Å². The van der Waals surface area contributed by atoms with Crippen LogP contribution in [0.3, 0.4) is 0 Å². The Hall–Kier alpha value is -6.48. The molecule has 0 saturated carbocycles. The van der Waals surface area contributed by atoms with Crippen LogP contribution in [0.4, 0.5) is 18.0 Å². The van der Waals surface area contributed by atoms with Crippen molar-refractivity contribution < 1.29 is 32.3 Å². The SMILES string of the molecule is CCCN(Cc1nc2c(ccc3cc(-c4ccc5c(ccc6[nH]c(CN(CCC)C(=O)[C@H](NCC(F)(F)F)c7ccccc7)nc65)c4)ccc32)[nH]1)C(=O)[C@@H](NC(=O)OC)C(C)C. The van der Waals surface area contributed by atoms with Gasteiger partial charge in [0.15, 0.2) is 0 Å². The molecule has 3 amide bonds. The fourth-order valence-electron chi connectivity index (χ4n) is 7.94. The Balaban J connectivity index is 1.12. The maximum Gasteiger partial charge on any atom is 0.407 e. The molecule has 0 aliphatic heterocycles. The summed E-state index contributed by atoms with van der Waals surface area (Å²) in [6.07, 6.45) is -3.80. The summed E-state index contributed by atoms with van der Waals surface area (Å²) < 4.78 is 44.6. The molecule has 2 aromatic heterocycles. The third kappa shape index (κ3) is 9.68. The lowest BCUT2D eigenvalue weighted by Crippen LogP contribution is -2.51. The lowest BCUT2D eigenvalue weighted by molar-refractivity contribution is -0.139. The molecule has 0 spiro atoms. The second kappa shape index (κ2) is 18.6. The van der Waals surface area contributed by atoms with E-state index in [9.17, 15) is 27.6 Å². The van der Waals surface area contributed by atoms with Crippen LogP contribution >= 0.6 is 0 Å². The number of benzene rings is 5. The number of methoxy groups -OCH3 is 1. The summed E-state index contributed by atoms with van der Waals surface area (Å²) >= 11 is 0. The van der Waals surface area contributed by atoms with Crippen LogP contribution in [0.15, 0.2) is 91.0 Å². The molecule has 324 valence electrons. The zero-order valence-electron chi connectivity index (χ0n) is 35.4. The molecule has 7 aromatic rings. The van der Waals surface area contributed by atoms with Crippen molar-refractivity contribution in [1.82, 2.24) is 40.4 Å². The summed E-state index contributed by atoms with van der Waals surface area (Å²) in [6, 6.07) is 27.0. The van der Waals surface area contributed by atoms with E-state index in [1.807, 2.05) is 64.1 Å². The second-order valence-electron chi connectivity index (χ2n) is 15.9. The minimum atomic E-state index is -4.48. The van der Waals surface area contributed by atoms with Gasteiger partial charge in [0.05, 0.1) is 48.8 Å². The number of imidazole rings is 2. The molecule has 7 rings (SSSR count). The summed E-state index contributed by atoms with van der Waals surface area (Å²) in [4.78, 5) is 59.4. The van der Waals surface area contributed by atoms with E-state index >= 15 is 0 Å². The summed E-state index contributed by atoms with van der Waals surface area (Å²) in [6.45, 7) is 7.55. The largest absolute Gasteiger partial charge is 0.453 e. The highest BCUT2D eigenvalue weighted by molar-refractivity contribution is 6.07. The maximum absolute atomic E-state index is 13.9. The molecule has 0 saturated heterocycles. The van der Waals surface area contributed by atoms with E-state index in [0.29, 0.717) is 36.7 Å². The summed E-state index contributed by atoms with van der Waals surface area (Å²) in [5.74, 6) is 0.361. The van der Waals surface area contributed by atoms with E-state index < -0.39 is 36.8 Å². The number of hydrogen-bond acceptors (Lipinski definition) is 7. The number of hydrogen-bond donors (Lipinski definition) is 4. The molecule has 2 heterocycles. The third-order valence-electron chi connectivity index (χ3n) is 10.9. The van der Waals surface area contributed by atoms with Crippen LogP contribution < -0.4 is 10.6 Å². The molecule has 12 nitrogen and oxygen atoms in total. The predicted octanol–water partition coefficient (Wildman–Crippen LogP) is 9.16. The number of carbonyl (C=O) groups is 3. The van der Waals surface area contributed by atoms with Crippen molar-refractivity contribution in [2.24, 2.45) is 5.92 Å². The van der Waals surface area contributed by atoms with Gasteiger partial charge in [-0.1, -0.05) is 94.4 Å². The highest BCUT2D eigenvalue weighted by Gasteiger charge is 2.33. The lowest BCUT2D eigenvalue weighted by Gasteiger charge is -2.28. The van der Waals surface area contributed by atoms with Gasteiger partial charge in [-0.05, 0) is 70.5 Å². The summed E-state index contributed by atoms with van der Waals surface area (Å²) in [5.41, 5.74) is 5.63. The minimum Gasteiger partial charge on any atom is -0.453 e. The molecule has 0 bridgehead atoms. The van der Waals surface area contributed by atoms with Gasteiger partial charge in [0.25, 0.3) is 0 Å². The monoisotopic (exact) mass is 848 g/mol. The number of aromatic nitrogens is 4. The maximum atomic E-state index is 13.9. The molecule has 2 atom stereocenters. The number of halogens is 3. The highest BCUT2D eigenvalue weighted by Crippen LogP contribution is 2.33. The molecule has 0 radical (unpaired) electrons. The number of aromatic amines is 2. The standard InChI is InChI=1S/C47H51F3N8O4/c1-6-21-57(44(59)40(28(3)4)56-46(61)62-5)25-38-52-36-19-15-32-23-30(13-17-34(32)42(36)54-38)31-14-18-35-33(24-31)16-20-37-43(35)55-39(53-37)26-58(22-7-2)45(60)41(51-27-47(48,49)50)29-11-9-8-10-12-29/h8-20,23-24,28,40-41,51H,6-7,21-22,25-27H2,1-5H3,(H,52,54)(H,53,55)(H,56,61)/t40-,41+/m0/s1. The summed E-state index contributed by atoms with van der Waals surface area (Å²) in [7, 11) is 1.27. The van der Waals surface area contributed by atoms with Crippen molar-refractivity contribution in [3.63, 3.8) is 0 Å². The molecular weight excluding hydrogens is 798 g/mol. The first-order valence-electron chi connectivity index (χ1n) is 20.9. The van der Waals surface area contributed by atoms with Gasteiger partial charge in [-0.3, -0.25) is 14.9 Å². The van der Waals surface area contributed by atoms with Crippen molar-refractivity contribution in [2.45, 2.75) is 71.9 Å². The van der Waals surface area contributed by atoms with Gasteiger partial charge in [0, 0.05) is 23.9 Å². The Bertz CT molecular complexity index is 2710. The number of amides is 3. The molecule has 62 heavy (non-hydrogen) atoms. The van der Waals surface area contributed by atoms with Gasteiger partial charge in [-0.25, -0.2) is 14.8 Å². The van der Waals surface area contributed by atoms with Gasteiger partial charge >= 0.3 is 12.3 Å². The van der Waals surface area contributed by atoms with E-state index in [-0.39, 0.29) is 24.9 Å². The molecule has 0 aliphatic carbocycles. The van der Waals surface area contributed by atoms with E-state index in [0.717, 1.165) is 61.2 Å². The zero-order valence-corrected chi connectivity index (χ0v) is 35.4. The van der Waals surface area contributed by atoms with Crippen LogP contribution in [0.25, 0.3) is 54.7 Å². The van der Waals surface area contributed by atoms with Gasteiger partial charge in [-0.2, -0.15) is 13.2 Å². The highest BCUT2D eigenvalue weighted by atomic mass is 19.4.